The SMILES string of the molecule is Cc1ccc(O)c(C(=O)N2CCC(N)CC2)c1. The summed E-state index contributed by atoms with van der Waals surface area (Å²) < 4.78 is 0. The van der Waals surface area contributed by atoms with Crippen LogP contribution in [0.4, 0.5) is 0 Å². The average molecular weight is 234 g/mol. The number of nitrogens with zero attached hydrogens (tertiary/aromatic N) is 1. The zero-order valence-corrected chi connectivity index (χ0v) is 10.0. The molecule has 0 unspecified atom stereocenters. The van der Waals surface area contributed by atoms with Crippen molar-refractivity contribution in [1.82, 2.24) is 4.90 Å². The molecule has 1 fully saturated rings. The third-order valence-electron chi connectivity index (χ3n) is 3.21. The number of nitrogens with two attached hydrogens (primary N) is 1. The van der Waals surface area contributed by atoms with E-state index in [2.05, 4.69) is 0 Å². The molecule has 4 nitrogen and oxygen atoms in total. The monoisotopic (exact) mass is 234 g/mol. The van der Waals surface area contributed by atoms with Crippen LogP contribution >= 0.6 is 0 Å². The number of hydrogen-bond donors (Lipinski definition) is 2. The van der Waals surface area contributed by atoms with Gasteiger partial charge in [0, 0.05) is 19.1 Å². The highest BCUT2D eigenvalue weighted by molar-refractivity contribution is 5.97. The van der Waals surface area contributed by atoms with Gasteiger partial charge >= 0.3 is 0 Å². The Morgan fingerprint density at radius 3 is 2.71 bits per heavy atom. The van der Waals surface area contributed by atoms with E-state index < -0.39 is 0 Å². The summed E-state index contributed by atoms with van der Waals surface area (Å²) in [6, 6.07) is 5.29. The lowest BCUT2D eigenvalue weighted by atomic mass is 10.0. The zero-order valence-electron chi connectivity index (χ0n) is 10.0. The van der Waals surface area contributed by atoms with E-state index in [1.807, 2.05) is 6.92 Å². The highest BCUT2D eigenvalue weighted by Crippen LogP contribution is 2.21. The van der Waals surface area contributed by atoms with Crippen LogP contribution < -0.4 is 5.73 Å². The van der Waals surface area contributed by atoms with Gasteiger partial charge < -0.3 is 15.7 Å². The first-order valence-electron chi connectivity index (χ1n) is 5.92. The number of carbonyl (C=O) groups is 1. The number of likely N-dealkylation sites (tertiary alicyclic amines) is 1. The van der Waals surface area contributed by atoms with Crippen LogP contribution in [-0.2, 0) is 0 Å². The first-order valence-corrected chi connectivity index (χ1v) is 5.92. The fourth-order valence-corrected chi connectivity index (χ4v) is 2.09. The number of rotatable bonds is 1. The maximum Gasteiger partial charge on any atom is 0.257 e. The van der Waals surface area contributed by atoms with Crippen molar-refractivity contribution in [3.05, 3.63) is 29.3 Å². The van der Waals surface area contributed by atoms with E-state index in [0.717, 1.165) is 18.4 Å². The second kappa shape index (κ2) is 4.75. The van der Waals surface area contributed by atoms with E-state index in [-0.39, 0.29) is 17.7 Å². The molecule has 0 aliphatic carbocycles. The van der Waals surface area contributed by atoms with Gasteiger partial charge in [0.25, 0.3) is 5.91 Å². The largest absolute Gasteiger partial charge is 0.507 e. The molecule has 0 radical (unpaired) electrons. The van der Waals surface area contributed by atoms with Gasteiger partial charge in [-0.3, -0.25) is 4.79 Å². The highest BCUT2D eigenvalue weighted by atomic mass is 16.3. The summed E-state index contributed by atoms with van der Waals surface area (Å²) in [7, 11) is 0. The maximum absolute atomic E-state index is 12.2. The molecule has 1 saturated heterocycles. The van der Waals surface area contributed by atoms with Crippen molar-refractivity contribution in [2.45, 2.75) is 25.8 Å². The first kappa shape index (κ1) is 11.9. The lowest BCUT2D eigenvalue weighted by Crippen LogP contribution is -2.42. The standard InChI is InChI=1S/C13H18N2O2/c1-9-2-3-12(16)11(8-9)13(17)15-6-4-10(14)5-7-15/h2-3,8,10,16H,4-7,14H2,1H3. The molecule has 0 saturated carbocycles. The van der Waals surface area contributed by atoms with Gasteiger partial charge in [-0.15, -0.1) is 0 Å². The quantitative estimate of drug-likeness (QED) is 0.769. The second-order valence-electron chi connectivity index (χ2n) is 4.65. The number of carbonyl (C=O) groups excluding carboxylic acids is 1. The van der Waals surface area contributed by atoms with Crippen molar-refractivity contribution < 1.29 is 9.90 Å². The summed E-state index contributed by atoms with van der Waals surface area (Å²) in [6.07, 6.45) is 1.66. The van der Waals surface area contributed by atoms with Crippen molar-refractivity contribution in [2.24, 2.45) is 5.73 Å². The molecule has 0 bridgehead atoms. The Kier molecular flexibility index (Phi) is 3.33. The van der Waals surface area contributed by atoms with Gasteiger partial charge in [0.1, 0.15) is 5.75 Å². The fourth-order valence-electron chi connectivity index (χ4n) is 2.09. The van der Waals surface area contributed by atoms with Crippen LogP contribution in [-0.4, -0.2) is 35.0 Å². The predicted octanol–water partition coefficient (Wildman–Crippen LogP) is 1.26. The number of benzene rings is 1. The minimum Gasteiger partial charge on any atom is -0.507 e. The van der Waals surface area contributed by atoms with Gasteiger partial charge in [0.2, 0.25) is 0 Å². The topological polar surface area (TPSA) is 66.6 Å². The molecular weight excluding hydrogens is 216 g/mol. The van der Waals surface area contributed by atoms with E-state index in [1.54, 1.807) is 23.1 Å². The number of aryl methyl sites for hydroxylation is 1. The molecule has 92 valence electrons. The second-order valence-corrected chi connectivity index (χ2v) is 4.65. The number of hydrogen-bond acceptors (Lipinski definition) is 3. The number of phenolic OH excluding ortho intramolecular Hbond substituents is 1. The summed E-state index contributed by atoms with van der Waals surface area (Å²) in [5.74, 6) is -0.0476. The van der Waals surface area contributed by atoms with Crippen LogP contribution in [0.2, 0.25) is 0 Å². The molecule has 1 aliphatic heterocycles. The van der Waals surface area contributed by atoms with Crippen LogP contribution in [0.1, 0.15) is 28.8 Å². The molecule has 1 aromatic carbocycles. The maximum atomic E-state index is 12.2. The molecule has 1 amide bonds. The number of aromatic hydroxyl groups is 1. The van der Waals surface area contributed by atoms with Gasteiger partial charge in [0.05, 0.1) is 5.56 Å². The Morgan fingerprint density at radius 2 is 2.06 bits per heavy atom. The van der Waals surface area contributed by atoms with E-state index >= 15 is 0 Å². The van der Waals surface area contributed by atoms with E-state index in [9.17, 15) is 9.90 Å². The smallest absolute Gasteiger partial charge is 0.257 e. The molecule has 3 N–H and O–H groups in total. The van der Waals surface area contributed by atoms with Gasteiger partial charge in [-0.2, -0.15) is 0 Å². The third kappa shape index (κ3) is 2.58. The highest BCUT2D eigenvalue weighted by Gasteiger charge is 2.23. The molecule has 2 rings (SSSR count). The molecule has 0 atom stereocenters. The van der Waals surface area contributed by atoms with Crippen LogP contribution in [0.5, 0.6) is 5.75 Å². The molecule has 0 aromatic heterocycles. The predicted molar refractivity (Wildman–Crippen MR) is 66.0 cm³/mol. The number of amides is 1. The van der Waals surface area contributed by atoms with Crippen molar-refractivity contribution >= 4 is 5.91 Å². The Hall–Kier alpha value is -1.55. The minimum atomic E-state index is -0.0990. The molecule has 4 heteroatoms. The minimum absolute atomic E-state index is 0.0514. The average Bonchev–Trinajstić information content (AvgIpc) is 2.32. The molecule has 1 aromatic rings. The van der Waals surface area contributed by atoms with E-state index in [4.69, 9.17) is 5.73 Å². The van der Waals surface area contributed by atoms with Crippen molar-refractivity contribution in [1.29, 1.82) is 0 Å². The summed E-state index contributed by atoms with van der Waals surface area (Å²) in [5.41, 5.74) is 7.16. The molecule has 1 heterocycles. The van der Waals surface area contributed by atoms with Gasteiger partial charge in [-0.05, 0) is 31.9 Å². The van der Waals surface area contributed by atoms with Crippen molar-refractivity contribution in [3.8, 4) is 5.75 Å². The van der Waals surface area contributed by atoms with E-state index in [1.165, 1.54) is 0 Å². The Morgan fingerprint density at radius 1 is 1.41 bits per heavy atom. The summed E-state index contributed by atoms with van der Waals surface area (Å²) in [6.45, 7) is 3.25. The summed E-state index contributed by atoms with van der Waals surface area (Å²) >= 11 is 0. The Balaban J connectivity index is 2.16. The molecule has 1 aliphatic rings. The molecular formula is C13H18N2O2. The van der Waals surface area contributed by atoms with Crippen LogP contribution in [0.25, 0.3) is 0 Å². The van der Waals surface area contributed by atoms with Crippen LogP contribution in [0, 0.1) is 6.92 Å². The lowest BCUT2D eigenvalue weighted by molar-refractivity contribution is 0.0711. The zero-order chi connectivity index (χ0) is 12.4. The first-order chi connectivity index (χ1) is 8.08. The van der Waals surface area contributed by atoms with E-state index in [0.29, 0.717) is 18.7 Å². The van der Waals surface area contributed by atoms with Crippen molar-refractivity contribution in [2.75, 3.05) is 13.1 Å². The number of piperidine rings is 1. The van der Waals surface area contributed by atoms with Crippen LogP contribution in [0.3, 0.4) is 0 Å². The molecule has 17 heavy (non-hydrogen) atoms. The third-order valence-corrected chi connectivity index (χ3v) is 3.21. The summed E-state index contributed by atoms with van der Waals surface area (Å²) in [5, 5.41) is 9.72. The lowest BCUT2D eigenvalue weighted by Gasteiger charge is -2.30. The van der Waals surface area contributed by atoms with Gasteiger partial charge in [-0.25, -0.2) is 0 Å². The fraction of sp³-hybridized carbons (Fsp3) is 0.462. The Labute approximate surface area is 101 Å². The molecule has 0 spiro atoms. The summed E-state index contributed by atoms with van der Waals surface area (Å²) in [4.78, 5) is 14.0. The Bertz CT molecular complexity index is 423. The van der Waals surface area contributed by atoms with Crippen LogP contribution in [0.15, 0.2) is 18.2 Å². The van der Waals surface area contributed by atoms with Crippen molar-refractivity contribution in [3.63, 3.8) is 0 Å². The normalized spacial score (nSPS) is 17.2. The number of phenols is 1. The van der Waals surface area contributed by atoms with Gasteiger partial charge in [0.15, 0.2) is 0 Å². The van der Waals surface area contributed by atoms with Gasteiger partial charge in [-0.1, -0.05) is 11.6 Å².